The number of hydrogen-bond donors (Lipinski definition) is 1. The molecule has 2 amide bonds. The van der Waals surface area contributed by atoms with Crippen LogP contribution < -0.4 is 19.9 Å². The molecule has 9 heteroatoms. The van der Waals surface area contributed by atoms with Gasteiger partial charge in [-0.05, 0) is 26.0 Å². The van der Waals surface area contributed by atoms with Crippen LogP contribution in [0.1, 0.15) is 12.5 Å². The second kappa shape index (κ2) is 6.49. The van der Waals surface area contributed by atoms with Crippen LogP contribution in [0.5, 0.6) is 5.75 Å². The molecule has 27 heavy (non-hydrogen) atoms. The molecule has 2 aromatic rings. The zero-order valence-electron chi connectivity index (χ0n) is 15.3. The van der Waals surface area contributed by atoms with Gasteiger partial charge in [-0.25, -0.2) is 4.79 Å². The Bertz CT molecular complexity index is 882. The Morgan fingerprint density at radius 2 is 2.04 bits per heavy atom. The molecule has 4 rings (SSSR count). The molecule has 142 valence electrons. The van der Waals surface area contributed by atoms with E-state index < -0.39 is 6.09 Å². The van der Waals surface area contributed by atoms with E-state index in [1.165, 1.54) is 6.26 Å². The number of rotatable bonds is 4. The summed E-state index contributed by atoms with van der Waals surface area (Å²) in [5.41, 5.74) is 2.19. The van der Waals surface area contributed by atoms with Gasteiger partial charge in [0.15, 0.2) is 12.4 Å². The summed E-state index contributed by atoms with van der Waals surface area (Å²) in [6, 6.07) is 5.10. The van der Waals surface area contributed by atoms with Crippen LogP contribution in [0.4, 0.5) is 22.0 Å². The molecule has 0 bridgehead atoms. The topological polar surface area (TPSA) is 97.1 Å². The minimum absolute atomic E-state index is 0.0158. The van der Waals surface area contributed by atoms with E-state index in [-0.39, 0.29) is 24.7 Å². The summed E-state index contributed by atoms with van der Waals surface area (Å²) in [5.74, 6) is 1.09. The second-order valence-electron chi connectivity index (χ2n) is 6.60. The van der Waals surface area contributed by atoms with Crippen molar-refractivity contribution < 1.29 is 23.6 Å². The average molecular weight is 372 g/mol. The number of ether oxygens (including phenoxy) is 2. The number of benzene rings is 1. The van der Waals surface area contributed by atoms with Gasteiger partial charge in [-0.2, -0.15) is 0 Å². The lowest BCUT2D eigenvalue weighted by molar-refractivity contribution is -0.121. The van der Waals surface area contributed by atoms with Crippen LogP contribution in [0.3, 0.4) is 0 Å². The highest BCUT2D eigenvalue weighted by atomic mass is 16.6. The lowest BCUT2D eigenvalue weighted by Gasteiger charge is -2.30. The fourth-order valence-corrected chi connectivity index (χ4v) is 3.40. The Kier molecular flexibility index (Phi) is 4.14. The molecule has 0 spiro atoms. The number of carbonyl (C=O) groups is 2. The van der Waals surface area contributed by atoms with Crippen LogP contribution in [0.2, 0.25) is 0 Å². The number of amides is 2. The molecule has 0 unspecified atom stereocenters. The highest BCUT2D eigenvalue weighted by Gasteiger charge is 2.41. The Balaban J connectivity index is 1.58. The zero-order chi connectivity index (χ0) is 19.1. The lowest BCUT2D eigenvalue weighted by atomic mass is 10.1. The van der Waals surface area contributed by atoms with Crippen molar-refractivity contribution in [1.82, 2.24) is 5.16 Å². The Morgan fingerprint density at radius 1 is 1.26 bits per heavy atom. The van der Waals surface area contributed by atoms with Crippen molar-refractivity contribution in [1.29, 1.82) is 0 Å². The van der Waals surface area contributed by atoms with Gasteiger partial charge < -0.3 is 24.2 Å². The van der Waals surface area contributed by atoms with Gasteiger partial charge in [0.25, 0.3) is 5.91 Å². The first-order valence-electron chi connectivity index (χ1n) is 8.64. The molecule has 0 saturated carbocycles. The Labute approximate surface area is 155 Å². The fourth-order valence-electron chi connectivity index (χ4n) is 3.40. The molecule has 9 nitrogen and oxygen atoms in total. The normalized spacial score (nSPS) is 21.7. The van der Waals surface area contributed by atoms with E-state index in [0.29, 0.717) is 29.5 Å². The molecule has 2 atom stereocenters. The number of aromatic nitrogens is 1. The molecular formula is C18H20N4O5. The van der Waals surface area contributed by atoms with Crippen molar-refractivity contribution in [3.05, 3.63) is 30.0 Å². The first-order chi connectivity index (χ1) is 13.0. The van der Waals surface area contributed by atoms with Gasteiger partial charge in [-0.3, -0.25) is 9.69 Å². The minimum Gasteiger partial charge on any atom is -0.481 e. The maximum absolute atomic E-state index is 12.5. The van der Waals surface area contributed by atoms with E-state index >= 15 is 0 Å². The largest absolute Gasteiger partial charge is 0.481 e. The van der Waals surface area contributed by atoms with Gasteiger partial charge in [0.2, 0.25) is 0 Å². The summed E-state index contributed by atoms with van der Waals surface area (Å²) >= 11 is 0. The molecule has 0 aliphatic carbocycles. The number of hydrogen-bond acceptors (Lipinski definition) is 7. The molecule has 1 aromatic carbocycles. The van der Waals surface area contributed by atoms with Crippen molar-refractivity contribution in [2.24, 2.45) is 0 Å². The highest BCUT2D eigenvalue weighted by Crippen LogP contribution is 2.41. The predicted octanol–water partition coefficient (Wildman–Crippen LogP) is 2.16. The van der Waals surface area contributed by atoms with E-state index in [9.17, 15) is 9.59 Å². The van der Waals surface area contributed by atoms with Crippen LogP contribution in [0.25, 0.3) is 0 Å². The number of carbonyl (C=O) groups excluding carboxylic acids is 2. The molecule has 1 N–H and O–H groups in total. The number of anilines is 3. The maximum Gasteiger partial charge on any atom is 0.415 e. The summed E-state index contributed by atoms with van der Waals surface area (Å²) < 4.78 is 15.9. The highest BCUT2D eigenvalue weighted by molar-refractivity contribution is 5.99. The van der Waals surface area contributed by atoms with E-state index in [0.717, 1.165) is 5.56 Å². The van der Waals surface area contributed by atoms with Gasteiger partial charge in [-0.1, -0.05) is 5.16 Å². The van der Waals surface area contributed by atoms with Gasteiger partial charge >= 0.3 is 6.09 Å². The Hall–Kier alpha value is -3.23. The summed E-state index contributed by atoms with van der Waals surface area (Å²) in [7, 11) is 1.71. The first-order valence-corrected chi connectivity index (χ1v) is 8.64. The SMILES string of the molecule is Cc1c(N2C(=O)O[C@@H](CNc3ccon3)[C@@H]2C)ccc2c1OCC(=O)N2C. The van der Waals surface area contributed by atoms with Crippen LogP contribution in [0.15, 0.2) is 29.0 Å². The Morgan fingerprint density at radius 3 is 2.78 bits per heavy atom. The molecule has 2 aliphatic rings. The van der Waals surface area contributed by atoms with E-state index in [1.54, 1.807) is 29.0 Å². The maximum atomic E-state index is 12.5. The number of likely N-dealkylation sites (N-methyl/N-ethyl adjacent to an activating group) is 1. The standard InChI is InChI=1S/C18H20N4O5/c1-10-12(4-5-13-17(10)25-9-16(23)21(13)3)22-11(2)14(27-18(22)24)8-19-15-6-7-26-20-15/h4-7,11,14H,8-9H2,1-3H3,(H,19,20)/t11-,14-/m0/s1. The van der Waals surface area contributed by atoms with Crippen molar-refractivity contribution in [3.63, 3.8) is 0 Å². The molecule has 2 aliphatic heterocycles. The third kappa shape index (κ3) is 2.84. The summed E-state index contributed by atoms with van der Waals surface area (Å²) in [4.78, 5) is 27.5. The summed E-state index contributed by atoms with van der Waals surface area (Å²) in [6.07, 6.45) is 0.698. The number of fused-ring (bicyclic) bond motifs is 1. The van der Waals surface area contributed by atoms with Gasteiger partial charge in [0, 0.05) is 18.7 Å². The van der Waals surface area contributed by atoms with Gasteiger partial charge in [0.05, 0.1) is 24.0 Å². The van der Waals surface area contributed by atoms with Crippen LogP contribution >= 0.6 is 0 Å². The molecule has 3 heterocycles. The zero-order valence-corrected chi connectivity index (χ0v) is 15.3. The molecule has 0 radical (unpaired) electrons. The third-order valence-electron chi connectivity index (χ3n) is 5.01. The fraction of sp³-hybridized carbons (Fsp3) is 0.389. The van der Waals surface area contributed by atoms with Gasteiger partial charge in [-0.15, -0.1) is 0 Å². The first kappa shape index (κ1) is 17.2. The lowest BCUT2D eigenvalue weighted by Crippen LogP contribution is -2.38. The van der Waals surface area contributed by atoms with Crippen LogP contribution in [-0.4, -0.2) is 49.5 Å². The smallest absolute Gasteiger partial charge is 0.415 e. The number of nitrogens with one attached hydrogen (secondary N) is 1. The summed E-state index contributed by atoms with van der Waals surface area (Å²) in [5, 5.41) is 6.87. The monoisotopic (exact) mass is 372 g/mol. The van der Waals surface area contributed by atoms with Gasteiger partial charge in [0.1, 0.15) is 18.1 Å². The quantitative estimate of drug-likeness (QED) is 0.878. The molecule has 1 saturated heterocycles. The average Bonchev–Trinajstić information content (AvgIpc) is 3.26. The summed E-state index contributed by atoms with van der Waals surface area (Å²) in [6.45, 7) is 4.19. The van der Waals surface area contributed by atoms with E-state index in [1.807, 2.05) is 19.9 Å². The third-order valence-corrected chi connectivity index (χ3v) is 5.01. The molecular weight excluding hydrogens is 352 g/mol. The predicted molar refractivity (Wildman–Crippen MR) is 97.3 cm³/mol. The van der Waals surface area contributed by atoms with Crippen LogP contribution in [-0.2, 0) is 9.53 Å². The number of nitrogens with zero attached hydrogens (tertiary/aromatic N) is 3. The van der Waals surface area contributed by atoms with E-state index in [2.05, 4.69) is 10.5 Å². The van der Waals surface area contributed by atoms with E-state index in [4.69, 9.17) is 14.0 Å². The van der Waals surface area contributed by atoms with Crippen molar-refractivity contribution in [2.45, 2.75) is 26.0 Å². The van der Waals surface area contributed by atoms with Crippen molar-refractivity contribution in [3.8, 4) is 5.75 Å². The molecule has 1 fully saturated rings. The van der Waals surface area contributed by atoms with Crippen molar-refractivity contribution >= 4 is 29.2 Å². The second-order valence-corrected chi connectivity index (χ2v) is 6.60. The molecule has 1 aromatic heterocycles. The minimum atomic E-state index is -0.419. The van der Waals surface area contributed by atoms with Crippen molar-refractivity contribution in [2.75, 3.05) is 35.3 Å². The number of cyclic esters (lactones) is 1. The van der Waals surface area contributed by atoms with Crippen LogP contribution in [0, 0.1) is 6.92 Å².